The molecular formula is C9H18O5. The first kappa shape index (κ1) is 15.4. The molecule has 0 bridgehead atoms. The van der Waals surface area contributed by atoms with Crippen LogP contribution in [0.15, 0.2) is 0 Å². The highest BCUT2D eigenvalue weighted by Crippen LogP contribution is 1.86. The Morgan fingerprint density at radius 2 is 1.64 bits per heavy atom. The minimum atomic E-state index is -0.745. The number of hydrogen-bond acceptors (Lipinski definition) is 4. The standard InChI is InChI=1S/C6H12O3.C3H6O2/c1-3-5-8-9-6(7)4-2;1-2-3(4)5/h3-5H2,1-2H3;2H2,1H3,(H,4,5). The molecule has 0 aliphatic carbocycles. The van der Waals surface area contributed by atoms with Crippen molar-refractivity contribution in [1.82, 2.24) is 0 Å². The van der Waals surface area contributed by atoms with Crippen LogP contribution in [0.1, 0.15) is 40.0 Å². The van der Waals surface area contributed by atoms with E-state index in [4.69, 9.17) is 5.11 Å². The van der Waals surface area contributed by atoms with E-state index in [9.17, 15) is 9.59 Å². The minimum Gasteiger partial charge on any atom is -0.481 e. The topological polar surface area (TPSA) is 72.8 Å². The lowest BCUT2D eigenvalue weighted by Crippen LogP contribution is -2.03. The molecule has 5 heteroatoms. The molecule has 0 unspecified atom stereocenters. The molecule has 0 aliphatic rings. The molecular weight excluding hydrogens is 188 g/mol. The number of carboxylic acids is 1. The third-order valence-electron chi connectivity index (χ3n) is 1.03. The summed E-state index contributed by atoms with van der Waals surface area (Å²) in [6.45, 7) is 5.74. The number of carbonyl (C=O) groups excluding carboxylic acids is 1. The fourth-order valence-corrected chi connectivity index (χ4v) is 0.250. The second kappa shape index (κ2) is 11.9. The van der Waals surface area contributed by atoms with E-state index in [0.29, 0.717) is 13.0 Å². The van der Waals surface area contributed by atoms with Gasteiger partial charge in [-0.15, -0.1) is 0 Å². The lowest BCUT2D eigenvalue weighted by atomic mass is 10.5. The van der Waals surface area contributed by atoms with Crippen molar-refractivity contribution in [1.29, 1.82) is 0 Å². The van der Waals surface area contributed by atoms with Crippen LogP contribution in [0.3, 0.4) is 0 Å². The van der Waals surface area contributed by atoms with Crippen molar-refractivity contribution >= 4 is 11.9 Å². The molecule has 1 N–H and O–H groups in total. The first-order valence-electron chi connectivity index (χ1n) is 4.62. The number of carboxylic acid groups (broad SMARTS) is 1. The summed E-state index contributed by atoms with van der Waals surface area (Å²) in [5.41, 5.74) is 0. The van der Waals surface area contributed by atoms with E-state index in [0.717, 1.165) is 6.42 Å². The third kappa shape index (κ3) is 17.1. The molecule has 0 atom stereocenters. The monoisotopic (exact) mass is 206 g/mol. The van der Waals surface area contributed by atoms with Crippen molar-refractivity contribution in [3.05, 3.63) is 0 Å². The molecule has 84 valence electrons. The smallest absolute Gasteiger partial charge is 0.342 e. The first-order valence-corrected chi connectivity index (χ1v) is 4.62. The van der Waals surface area contributed by atoms with Gasteiger partial charge in [-0.1, -0.05) is 20.8 Å². The first-order chi connectivity index (χ1) is 6.58. The fraction of sp³-hybridized carbons (Fsp3) is 0.778. The number of hydrogen-bond donors (Lipinski definition) is 1. The van der Waals surface area contributed by atoms with Gasteiger partial charge < -0.3 is 5.11 Å². The molecule has 0 aromatic carbocycles. The maximum Gasteiger partial charge on any atom is 0.342 e. The van der Waals surface area contributed by atoms with Gasteiger partial charge in [0, 0.05) is 12.8 Å². The van der Waals surface area contributed by atoms with Crippen LogP contribution in [0.2, 0.25) is 0 Å². The Balaban J connectivity index is 0. The van der Waals surface area contributed by atoms with Gasteiger partial charge in [-0.2, -0.15) is 4.89 Å². The van der Waals surface area contributed by atoms with Crippen molar-refractivity contribution in [3.8, 4) is 0 Å². The quantitative estimate of drug-likeness (QED) is 0.421. The average molecular weight is 206 g/mol. The minimum absolute atomic E-state index is 0.222. The van der Waals surface area contributed by atoms with Crippen molar-refractivity contribution in [3.63, 3.8) is 0 Å². The van der Waals surface area contributed by atoms with Gasteiger partial charge in [0.1, 0.15) is 0 Å². The van der Waals surface area contributed by atoms with Crippen LogP contribution in [0.4, 0.5) is 0 Å². The summed E-state index contributed by atoms with van der Waals surface area (Å²) in [4.78, 5) is 28.5. The maximum absolute atomic E-state index is 10.3. The molecule has 0 radical (unpaired) electrons. The Morgan fingerprint density at radius 1 is 1.14 bits per heavy atom. The molecule has 0 fully saturated rings. The SMILES string of the molecule is CCC(=O)O.CCCOOC(=O)CC. The number of rotatable bonds is 5. The molecule has 0 rings (SSSR count). The van der Waals surface area contributed by atoms with Gasteiger partial charge in [-0.05, 0) is 6.42 Å². The molecule has 0 aliphatic heterocycles. The highest BCUT2D eigenvalue weighted by Gasteiger charge is 1.96. The highest BCUT2D eigenvalue weighted by molar-refractivity contribution is 5.68. The Kier molecular flexibility index (Phi) is 13.1. The van der Waals surface area contributed by atoms with Gasteiger partial charge in [0.2, 0.25) is 0 Å². The molecule has 0 aromatic heterocycles. The summed E-state index contributed by atoms with van der Waals surface area (Å²) in [5, 5.41) is 7.72. The summed E-state index contributed by atoms with van der Waals surface area (Å²) < 4.78 is 0. The van der Waals surface area contributed by atoms with Crippen LogP contribution < -0.4 is 0 Å². The van der Waals surface area contributed by atoms with E-state index in [2.05, 4.69) is 9.78 Å². The molecule has 0 aromatic rings. The number of carbonyl (C=O) groups is 2. The van der Waals surface area contributed by atoms with Crippen molar-refractivity contribution in [2.45, 2.75) is 40.0 Å². The average Bonchev–Trinajstić information content (AvgIpc) is 2.19. The van der Waals surface area contributed by atoms with Crippen LogP contribution in [0.25, 0.3) is 0 Å². The van der Waals surface area contributed by atoms with E-state index >= 15 is 0 Å². The lowest BCUT2D eigenvalue weighted by molar-refractivity contribution is -0.271. The Hall–Kier alpha value is -1.10. The second-order valence-corrected chi connectivity index (χ2v) is 2.38. The maximum atomic E-state index is 10.3. The van der Waals surface area contributed by atoms with Gasteiger partial charge >= 0.3 is 11.9 Å². The van der Waals surface area contributed by atoms with E-state index in [1.807, 2.05) is 6.92 Å². The van der Waals surface area contributed by atoms with Crippen molar-refractivity contribution in [2.75, 3.05) is 6.61 Å². The molecule has 0 saturated heterocycles. The highest BCUT2D eigenvalue weighted by atomic mass is 17.2. The van der Waals surface area contributed by atoms with Crippen molar-refractivity contribution in [2.24, 2.45) is 0 Å². The van der Waals surface area contributed by atoms with Gasteiger partial charge in [-0.3, -0.25) is 9.68 Å². The lowest BCUT2D eigenvalue weighted by Gasteiger charge is -1.98. The molecule has 14 heavy (non-hydrogen) atoms. The summed E-state index contributed by atoms with van der Waals surface area (Å²) in [7, 11) is 0. The predicted molar refractivity (Wildman–Crippen MR) is 50.6 cm³/mol. The predicted octanol–water partition coefficient (Wildman–Crippen LogP) is 1.76. The van der Waals surface area contributed by atoms with Gasteiger partial charge in [0.05, 0.1) is 6.61 Å². The third-order valence-corrected chi connectivity index (χ3v) is 1.03. The van der Waals surface area contributed by atoms with Crippen LogP contribution >= 0.6 is 0 Å². The fourth-order valence-electron chi connectivity index (χ4n) is 0.250. The normalized spacial score (nSPS) is 8.50. The van der Waals surface area contributed by atoms with E-state index in [1.54, 1.807) is 13.8 Å². The molecule has 0 amide bonds. The zero-order valence-electron chi connectivity index (χ0n) is 8.91. The second-order valence-electron chi connectivity index (χ2n) is 2.38. The molecule has 0 heterocycles. The number of aliphatic carboxylic acids is 1. The van der Waals surface area contributed by atoms with Gasteiger partial charge in [0.25, 0.3) is 0 Å². The Labute approximate surface area is 83.9 Å². The molecule has 5 nitrogen and oxygen atoms in total. The van der Waals surface area contributed by atoms with E-state index < -0.39 is 5.97 Å². The summed E-state index contributed by atoms with van der Waals surface area (Å²) in [6.07, 6.45) is 1.45. The van der Waals surface area contributed by atoms with Gasteiger partial charge in [-0.25, -0.2) is 4.79 Å². The molecule has 0 saturated carbocycles. The zero-order valence-corrected chi connectivity index (χ0v) is 8.91. The van der Waals surface area contributed by atoms with Crippen LogP contribution in [0.5, 0.6) is 0 Å². The zero-order chi connectivity index (χ0) is 11.4. The Morgan fingerprint density at radius 3 is 1.93 bits per heavy atom. The Bertz CT molecular complexity index is 155. The van der Waals surface area contributed by atoms with Crippen LogP contribution in [-0.4, -0.2) is 23.7 Å². The van der Waals surface area contributed by atoms with Gasteiger partial charge in [0.15, 0.2) is 0 Å². The summed E-state index contributed by atoms with van der Waals surface area (Å²) in [6, 6.07) is 0. The largest absolute Gasteiger partial charge is 0.481 e. The van der Waals surface area contributed by atoms with E-state index in [-0.39, 0.29) is 12.4 Å². The van der Waals surface area contributed by atoms with Crippen molar-refractivity contribution < 1.29 is 24.5 Å². The van der Waals surface area contributed by atoms with Crippen LogP contribution in [0, 0.1) is 0 Å². The summed E-state index contributed by atoms with van der Waals surface area (Å²) >= 11 is 0. The van der Waals surface area contributed by atoms with Crippen LogP contribution in [-0.2, 0) is 19.4 Å². The molecule has 0 spiro atoms. The van der Waals surface area contributed by atoms with E-state index in [1.165, 1.54) is 0 Å². The summed E-state index contributed by atoms with van der Waals surface area (Å²) in [5.74, 6) is -1.06.